The molecule has 62 valence electrons. The summed E-state index contributed by atoms with van der Waals surface area (Å²) in [6, 6.07) is 9.13. The molecule has 4 heteroatoms. The van der Waals surface area contributed by atoms with Crippen molar-refractivity contribution in [3.05, 3.63) is 35.9 Å². The fraction of sp³-hybridized carbons (Fsp3) is 0.125. The third kappa shape index (κ3) is 6.37. The molecular formula is C8H11KO2Se. The van der Waals surface area contributed by atoms with Gasteiger partial charge in [0.25, 0.3) is 0 Å². The van der Waals surface area contributed by atoms with Crippen molar-refractivity contribution in [2.45, 2.75) is 6.42 Å². The van der Waals surface area contributed by atoms with Crippen molar-refractivity contribution in [2.75, 3.05) is 0 Å². The monoisotopic (exact) mass is 258 g/mol. The Labute approximate surface area is 125 Å². The molecule has 0 unspecified atom stereocenters. The summed E-state index contributed by atoms with van der Waals surface area (Å²) in [5.74, 6) is -0.786. The van der Waals surface area contributed by atoms with Crippen LogP contribution < -0.4 is 0 Å². The van der Waals surface area contributed by atoms with Crippen LogP contribution in [0.15, 0.2) is 30.3 Å². The molecule has 0 atom stereocenters. The van der Waals surface area contributed by atoms with Crippen LogP contribution in [0.4, 0.5) is 0 Å². The van der Waals surface area contributed by atoms with E-state index in [9.17, 15) is 4.79 Å². The van der Waals surface area contributed by atoms with Gasteiger partial charge >= 0.3 is 74.4 Å². The van der Waals surface area contributed by atoms with Gasteiger partial charge in [0.05, 0.1) is 6.42 Å². The van der Waals surface area contributed by atoms with Crippen molar-refractivity contribution < 1.29 is 9.90 Å². The topological polar surface area (TPSA) is 37.3 Å². The molecule has 0 aliphatic rings. The van der Waals surface area contributed by atoms with Crippen LogP contribution >= 0.6 is 0 Å². The van der Waals surface area contributed by atoms with Gasteiger partial charge in [-0.05, 0) is 5.56 Å². The summed E-state index contributed by atoms with van der Waals surface area (Å²) in [4.78, 5) is 10.2. The van der Waals surface area contributed by atoms with E-state index in [1.807, 2.05) is 18.2 Å². The molecule has 1 aromatic carbocycles. The Morgan fingerprint density at radius 3 is 2.17 bits per heavy atom. The summed E-state index contributed by atoms with van der Waals surface area (Å²) >= 11 is 0. The molecule has 1 rings (SSSR count). The zero-order chi connectivity index (χ0) is 7.40. The van der Waals surface area contributed by atoms with Crippen molar-refractivity contribution in [3.63, 3.8) is 0 Å². The minimum absolute atomic E-state index is 0. The number of carboxylic acid groups (broad SMARTS) is 1. The Morgan fingerprint density at radius 1 is 1.25 bits per heavy atom. The third-order valence-corrected chi connectivity index (χ3v) is 1.20. The van der Waals surface area contributed by atoms with Crippen LogP contribution in [0.5, 0.6) is 0 Å². The number of carboxylic acids is 1. The van der Waals surface area contributed by atoms with Gasteiger partial charge in [0.2, 0.25) is 0 Å². The molecule has 0 heterocycles. The summed E-state index contributed by atoms with van der Waals surface area (Å²) in [6.07, 6.45) is 0.112. The van der Waals surface area contributed by atoms with Gasteiger partial charge in [0, 0.05) is 0 Å². The molecule has 0 fully saturated rings. The van der Waals surface area contributed by atoms with Gasteiger partial charge in [-0.25, -0.2) is 0 Å². The third-order valence-electron chi connectivity index (χ3n) is 1.20. The first-order valence-corrected chi connectivity index (χ1v) is 3.05. The van der Waals surface area contributed by atoms with E-state index in [0.717, 1.165) is 5.56 Å². The van der Waals surface area contributed by atoms with Crippen LogP contribution in [0.2, 0.25) is 0 Å². The molecule has 1 N–H and O–H groups in total. The minimum atomic E-state index is -0.786. The van der Waals surface area contributed by atoms with Gasteiger partial charge in [-0.3, -0.25) is 4.79 Å². The van der Waals surface area contributed by atoms with Gasteiger partial charge in [-0.2, -0.15) is 0 Å². The van der Waals surface area contributed by atoms with Crippen molar-refractivity contribution in [1.29, 1.82) is 0 Å². The second-order valence-corrected chi connectivity index (χ2v) is 2.06. The predicted molar refractivity (Wildman–Crippen MR) is 53.5 cm³/mol. The molecule has 0 saturated heterocycles. The standard InChI is InChI=1S/C8H8O2.K.H2Se.H/c9-8(10)6-7-4-2-1-3-5-7;;;/h1-5H,6H2,(H,9,10);;1H2;. The molecule has 0 aromatic heterocycles. The normalized spacial score (nSPS) is 7.67. The number of carbonyl (C=O) groups is 1. The van der Waals surface area contributed by atoms with E-state index in [2.05, 4.69) is 0 Å². The van der Waals surface area contributed by atoms with Gasteiger partial charge in [0.1, 0.15) is 0 Å². The van der Waals surface area contributed by atoms with E-state index >= 15 is 0 Å². The average molecular weight is 257 g/mol. The summed E-state index contributed by atoms with van der Waals surface area (Å²) in [5.41, 5.74) is 0.843. The summed E-state index contributed by atoms with van der Waals surface area (Å²) in [7, 11) is 0. The van der Waals surface area contributed by atoms with Crippen LogP contribution in [0.3, 0.4) is 0 Å². The van der Waals surface area contributed by atoms with Crippen LogP contribution in [-0.2, 0) is 11.2 Å². The van der Waals surface area contributed by atoms with E-state index < -0.39 is 5.97 Å². The Balaban J connectivity index is 0. The van der Waals surface area contributed by atoms with E-state index in [4.69, 9.17) is 5.11 Å². The van der Waals surface area contributed by atoms with Crippen molar-refractivity contribution >= 4 is 74.4 Å². The summed E-state index contributed by atoms with van der Waals surface area (Å²) < 4.78 is 0. The van der Waals surface area contributed by atoms with Gasteiger partial charge in [-0.1, -0.05) is 30.3 Å². The van der Waals surface area contributed by atoms with Crippen LogP contribution in [0.1, 0.15) is 5.56 Å². The maximum absolute atomic E-state index is 10.2. The van der Waals surface area contributed by atoms with E-state index in [0.29, 0.717) is 0 Å². The Kier molecular flexibility index (Phi) is 10.8. The maximum atomic E-state index is 10.2. The molecule has 0 radical (unpaired) electrons. The summed E-state index contributed by atoms with van der Waals surface area (Å²) in [6.45, 7) is 0. The number of hydrogen-bond acceptors (Lipinski definition) is 1. The summed E-state index contributed by atoms with van der Waals surface area (Å²) in [5, 5.41) is 8.37. The predicted octanol–water partition coefficient (Wildman–Crippen LogP) is -0.251. The quantitative estimate of drug-likeness (QED) is 0.742. The number of hydrogen-bond donors (Lipinski definition) is 1. The molecule has 0 spiro atoms. The Hall–Kier alpha value is 0.846. The average Bonchev–Trinajstić information content (AvgIpc) is 1.88. The molecular weight excluding hydrogens is 246 g/mol. The van der Waals surface area contributed by atoms with Gasteiger partial charge in [-0.15, -0.1) is 0 Å². The second kappa shape index (κ2) is 8.44. The molecule has 0 aliphatic carbocycles. The number of rotatable bonds is 2. The zero-order valence-corrected chi connectivity index (χ0v) is 8.05. The van der Waals surface area contributed by atoms with Crippen molar-refractivity contribution in [3.8, 4) is 0 Å². The van der Waals surface area contributed by atoms with Crippen molar-refractivity contribution in [1.82, 2.24) is 0 Å². The fourth-order valence-corrected chi connectivity index (χ4v) is 0.770. The molecule has 1 aromatic rings. The van der Waals surface area contributed by atoms with E-state index in [1.54, 1.807) is 12.1 Å². The molecule has 2 nitrogen and oxygen atoms in total. The molecule has 0 saturated carbocycles. The number of aliphatic carboxylic acids is 1. The Morgan fingerprint density at radius 2 is 1.75 bits per heavy atom. The molecule has 0 bridgehead atoms. The Bertz CT molecular complexity index is 226. The first kappa shape index (κ1) is 15.3. The van der Waals surface area contributed by atoms with E-state index in [-0.39, 0.29) is 74.9 Å². The van der Waals surface area contributed by atoms with Crippen LogP contribution in [0.25, 0.3) is 0 Å². The van der Waals surface area contributed by atoms with Gasteiger partial charge in [0.15, 0.2) is 0 Å². The SMILES string of the molecule is O=C(O)Cc1ccccc1.[KH].[SeH2]. The van der Waals surface area contributed by atoms with Crippen molar-refractivity contribution in [2.24, 2.45) is 0 Å². The fourth-order valence-electron chi connectivity index (χ4n) is 0.770. The molecule has 0 amide bonds. The second-order valence-electron chi connectivity index (χ2n) is 2.06. The molecule has 12 heavy (non-hydrogen) atoms. The first-order valence-electron chi connectivity index (χ1n) is 3.05. The van der Waals surface area contributed by atoms with Crippen LogP contribution in [0, 0.1) is 0 Å². The number of benzene rings is 1. The molecule has 0 aliphatic heterocycles. The zero-order valence-electron chi connectivity index (χ0n) is 5.95. The van der Waals surface area contributed by atoms with E-state index in [1.165, 1.54) is 0 Å². The van der Waals surface area contributed by atoms with Crippen LogP contribution in [-0.4, -0.2) is 79.5 Å². The van der Waals surface area contributed by atoms with Gasteiger partial charge < -0.3 is 5.11 Å². The first-order chi connectivity index (χ1) is 4.79.